The van der Waals surface area contributed by atoms with Gasteiger partial charge < -0.3 is 14.9 Å². The van der Waals surface area contributed by atoms with E-state index in [0.717, 1.165) is 123 Å². The summed E-state index contributed by atoms with van der Waals surface area (Å²) in [4.78, 5) is 22.8. The molecule has 2 aliphatic heterocycles. The second kappa shape index (κ2) is 18.6. The second-order valence-electron chi connectivity index (χ2n) is 18.7. The monoisotopic (exact) mass is 888 g/mol. The molecular weight excluding hydrogens is 821 g/mol. The van der Waals surface area contributed by atoms with Gasteiger partial charge in [0.1, 0.15) is 11.4 Å². The molecule has 5 aliphatic rings. The summed E-state index contributed by atoms with van der Waals surface area (Å²) >= 11 is 0. The number of aliphatic hydroxyl groups is 1. The third kappa shape index (κ3) is 7.05. The highest BCUT2D eigenvalue weighted by molar-refractivity contribution is 6.53. The number of benzene rings is 4. The number of carbonyl (C=O) groups excluding carboxylic acids is 1. The molecule has 0 unspecified atom stereocenters. The predicted molar refractivity (Wildman–Crippen MR) is 284 cm³/mol. The molecule has 4 aromatic carbocycles. The van der Waals surface area contributed by atoms with E-state index in [9.17, 15) is 5.11 Å². The third-order valence-electron chi connectivity index (χ3n) is 14.9. The molecule has 3 aliphatic carbocycles. The molecule has 67 heavy (non-hydrogen) atoms. The van der Waals surface area contributed by atoms with Crippen LogP contribution in [-0.4, -0.2) is 22.2 Å². The van der Waals surface area contributed by atoms with Crippen molar-refractivity contribution < 1.29 is 9.90 Å². The van der Waals surface area contributed by atoms with Crippen LogP contribution < -0.4 is 29.9 Å². The van der Waals surface area contributed by atoms with Gasteiger partial charge in [-0.1, -0.05) is 98.4 Å². The molecule has 4 aromatic rings. The summed E-state index contributed by atoms with van der Waals surface area (Å²) in [6.45, 7) is 19.0. The SMILES string of the molecule is C=C/C=C(\C=C/C)N1c2cccc3/c(=C4/C(=O)C(c5ccc6c7c(cccc57)N(C(/C=C\C)=C/C)C5(CCCCC5)N6/C(C)=C/C=C\C)=C4O)ccc(c23)=[N+](/C(C)=C/C=C\C)C12CCCCC2. The van der Waals surface area contributed by atoms with E-state index in [2.05, 4.69) is 208 Å². The number of rotatable bonds is 10. The number of aliphatic hydroxyl groups excluding tert-OH is 1. The molecule has 0 amide bonds. The van der Waals surface area contributed by atoms with Crippen LogP contribution in [0.3, 0.4) is 0 Å². The highest BCUT2D eigenvalue weighted by atomic mass is 16.3. The Morgan fingerprint density at radius 3 is 1.91 bits per heavy atom. The fourth-order valence-electron chi connectivity index (χ4n) is 12.4. The lowest BCUT2D eigenvalue weighted by molar-refractivity contribution is -0.109. The van der Waals surface area contributed by atoms with Gasteiger partial charge in [-0.25, -0.2) is 0 Å². The minimum atomic E-state index is -0.357. The van der Waals surface area contributed by atoms with E-state index in [1.807, 2.05) is 6.08 Å². The van der Waals surface area contributed by atoms with Gasteiger partial charge in [0.15, 0.2) is 5.70 Å². The van der Waals surface area contributed by atoms with E-state index >= 15 is 4.79 Å². The quantitative estimate of drug-likeness (QED) is 0.127. The number of allylic oxidation sites excluding steroid dienone is 17. The Labute approximate surface area is 398 Å². The minimum absolute atomic E-state index is 0.0467. The first-order valence-electron chi connectivity index (χ1n) is 24.7. The van der Waals surface area contributed by atoms with Crippen molar-refractivity contribution in [2.24, 2.45) is 0 Å². The first-order valence-corrected chi connectivity index (χ1v) is 24.7. The molecule has 0 atom stereocenters. The van der Waals surface area contributed by atoms with Gasteiger partial charge in [-0.3, -0.25) is 9.69 Å². The maximum Gasteiger partial charge on any atom is 0.248 e. The molecule has 2 fully saturated rings. The van der Waals surface area contributed by atoms with Crippen molar-refractivity contribution in [3.8, 4) is 0 Å². The van der Waals surface area contributed by atoms with Crippen LogP contribution in [0.5, 0.6) is 0 Å². The summed E-state index contributed by atoms with van der Waals surface area (Å²) in [6.07, 6.45) is 38.6. The smallest absolute Gasteiger partial charge is 0.248 e. The number of hydrogen-bond donors (Lipinski definition) is 1. The summed E-state index contributed by atoms with van der Waals surface area (Å²) in [6, 6.07) is 21.5. The Hall–Kier alpha value is -6.66. The Morgan fingerprint density at radius 2 is 1.27 bits per heavy atom. The lowest BCUT2D eigenvalue weighted by atomic mass is 9.77. The summed E-state index contributed by atoms with van der Waals surface area (Å²) in [5.74, 6) is -0.0940. The van der Waals surface area contributed by atoms with Crippen molar-refractivity contribution in [2.45, 2.75) is 124 Å². The number of hydrogen-bond acceptors (Lipinski definition) is 5. The van der Waals surface area contributed by atoms with E-state index in [1.165, 1.54) is 18.5 Å². The number of ketones is 1. The summed E-state index contributed by atoms with van der Waals surface area (Å²) < 4.78 is 2.56. The van der Waals surface area contributed by atoms with E-state index in [1.54, 1.807) is 0 Å². The Kier molecular flexibility index (Phi) is 12.6. The fraction of sp³-hybridized carbons (Fsp3) is 0.311. The lowest BCUT2D eigenvalue weighted by Crippen LogP contribution is -2.64. The topological polar surface area (TPSA) is 50.0 Å². The van der Waals surface area contributed by atoms with Crippen molar-refractivity contribution in [1.29, 1.82) is 0 Å². The van der Waals surface area contributed by atoms with Gasteiger partial charge in [0.05, 0.1) is 33.6 Å². The molecular formula is C61H67N4O2+. The average molecular weight is 888 g/mol. The summed E-state index contributed by atoms with van der Waals surface area (Å²) in [5, 5.41) is 18.4. The first-order chi connectivity index (χ1) is 32.7. The molecule has 6 heteroatoms. The summed E-state index contributed by atoms with van der Waals surface area (Å²) in [7, 11) is 0. The molecule has 9 rings (SSSR count). The van der Waals surface area contributed by atoms with Crippen LogP contribution in [-0.2, 0) is 4.79 Å². The standard InChI is InChI=1S/C61H66N4O2/c1-9-15-28-42(7)62-52-36-34-48(46-30-23-32-50(54(46)52)64(44(14-6)25-11-3)60(62)38-19-17-20-39-60)56-58(66)57(59(56)67)49-35-37-53-55-47(49)31-24-33-51(55)65(45(26-12-4)27-13-5)61(40-21-18-22-41-61)63(53)43(8)29-16-10-2/h9-16,23-37H,4,17-22,38-41H2,1-3,5-8H3/p+1/b15-9-,16-10-,25-11-,27-13-,42-28+,43-29+,44-14+,45-26+. The minimum Gasteiger partial charge on any atom is -0.506 e. The molecule has 0 aromatic heterocycles. The van der Waals surface area contributed by atoms with Crippen LogP contribution in [0.15, 0.2) is 175 Å². The Morgan fingerprint density at radius 1 is 0.642 bits per heavy atom. The fourth-order valence-corrected chi connectivity index (χ4v) is 12.4. The highest BCUT2D eigenvalue weighted by Gasteiger charge is 2.54. The Bertz CT molecular complexity index is 3110. The zero-order valence-electron chi connectivity index (χ0n) is 40.7. The molecule has 2 spiro atoms. The number of nitrogens with zero attached hydrogens (tertiary/aromatic N) is 4. The van der Waals surface area contributed by atoms with Gasteiger partial charge >= 0.3 is 0 Å². The maximum atomic E-state index is 15.1. The third-order valence-corrected chi connectivity index (χ3v) is 14.9. The lowest BCUT2D eigenvalue weighted by Gasteiger charge is -2.58. The molecule has 2 heterocycles. The van der Waals surface area contributed by atoms with Gasteiger partial charge in [0.2, 0.25) is 16.8 Å². The van der Waals surface area contributed by atoms with Crippen LogP contribution in [0.25, 0.3) is 32.7 Å². The van der Waals surface area contributed by atoms with E-state index in [4.69, 9.17) is 0 Å². The number of anilines is 3. The molecule has 6 nitrogen and oxygen atoms in total. The zero-order chi connectivity index (χ0) is 47.0. The number of Topliss-reactive ketones (excluding diaryl/α,β-unsaturated/α-hetero) is 1. The van der Waals surface area contributed by atoms with Crippen LogP contribution >= 0.6 is 0 Å². The maximum absolute atomic E-state index is 15.1. The molecule has 0 radical (unpaired) electrons. The van der Waals surface area contributed by atoms with Crippen LogP contribution in [0.4, 0.5) is 17.1 Å². The van der Waals surface area contributed by atoms with Crippen LogP contribution in [0, 0.1) is 0 Å². The molecule has 0 bridgehead atoms. The van der Waals surface area contributed by atoms with E-state index in [0.29, 0.717) is 11.1 Å². The molecule has 342 valence electrons. The second-order valence-corrected chi connectivity index (χ2v) is 18.7. The highest BCUT2D eigenvalue weighted by Crippen LogP contribution is 2.55. The largest absolute Gasteiger partial charge is 0.506 e. The van der Waals surface area contributed by atoms with Crippen molar-refractivity contribution in [1.82, 2.24) is 4.58 Å². The average Bonchev–Trinajstić information content (AvgIpc) is 3.34. The molecule has 1 N–H and O–H groups in total. The van der Waals surface area contributed by atoms with E-state index in [-0.39, 0.29) is 22.9 Å². The zero-order valence-corrected chi connectivity index (χ0v) is 40.7. The van der Waals surface area contributed by atoms with Crippen molar-refractivity contribution in [3.05, 3.63) is 191 Å². The first kappa shape index (κ1) is 45.5. The van der Waals surface area contributed by atoms with E-state index < -0.39 is 0 Å². The van der Waals surface area contributed by atoms with Crippen LogP contribution in [0.2, 0.25) is 0 Å². The van der Waals surface area contributed by atoms with Crippen molar-refractivity contribution >= 4 is 55.5 Å². The predicted octanol–water partition coefficient (Wildman–Crippen LogP) is 14.0. The molecule has 2 saturated carbocycles. The number of carbonyl (C=O) groups is 1. The van der Waals surface area contributed by atoms with Gasteiger partial charge in [0, 0.05) is 54.4 Å². The van der Waals surface area contributed by atoms with Gasteiger partial charge in [-0.05, 0) is 150 Å². The van der Waals surface area contributed by atoms with Crippen LogP contribution in [0.1, 0.15) is 118 Å². The normalized spacial score (nSPS) is 21.0. The van der Waals surface area contributed by atoms with Crippen molar-refractivity contribution in [3.63, 3.8) is 0 Å². The molecule has 0 saturated heterocycles. The van der Waals surface area contributed by atoms with Gasteiger partial charge in [0.25, 0.3) is 0 Å². The van der Waals surface area contributed by atoms with Crippen molar-refractivity contribution in [2.75, 3.05) is 14.7 Å². The van der Waals surface area contributed by atoms with Gasteiger partial charge in [-0.2, -0.15) is 4.58 Å². The summed E-state index contributed by atoms with van der Waals surface area (Å²) in [5.41, 5.74) is 8.71. The Balaban J connectivity index is 1.32. The van der Waals surface area contributed by atoms with Gasteiger partial charge in [-0.15, -0.1) is 0 Å².